The van der Waals surface area contributed by atoms with Crippen molar-refractivity contribution in [1.82, 2.24) is 35.2 Å². The normalized spacial score (nSPS) is 17.0. The predicted molar refractivity (Wildman–Crippen MR) is 167 cm³/mol. The fraction of sp³-hybridized carbons (Fsp3) is 0.382. The van der Waals surface area contributed by atoms with Gasteiger partial charge in [-0.25, -0.2) is 9.78 Å². The van der Waals surface area contributed by atoms with Gasteiger partial charge in [-0.05, 0) is 54.6 Å². The molecular weight excluding hydrogens is 538 g/mol. The van der Waals surface area contributed by atoms with Crippen molar-refractivity contribution in [3.63, 3.8) is 0 Å². The van der Waals surface area contributed by atoms with Gasteiger partial charge in [0.05, 0.1) is 5.52 Å². The number of benzene rings is 3. The standard InChI is InChI=1S/C34H39N7O2/c1-2-3-4-5-6-14-21-40-24-26(22-25-15-8-7-9-16-25)23-31(40)34(42)43-41-30-20-13-12-19-29(30)35-33(41)28-18-11-10-17-27(28)32-36-38-39-37-32/h7-13,15-20,26,31H,2-6,14,21-24H2,1H3,(H,36,37,38,39)/t26?,31-/m0/s1. The molecule has 0 spiro atoms. The summed E-state index contributed by atoms with van der Waals surface area (Å²) in [6.45, 7) is 4.03. The minimum absolute atomic E-state index is 0.247. The van der Waals surface area contributed by atoms with Gasteiger partial charge in [-0.2, -0.15) is 9.94 Å². The van der Waals surface area contributed by atoms with Crippen LogP contribution in [0, 0.1) is 5.92 Å². The van der Waals surface area contributed by atoms with Crippen LogP contribution in [0.5, 0.6) is 0 Å². The van der Waals surface area contributed by atoms with Crippen molar-refractivity contribution < 1.29 is 9.63 Å². The van der Waals surface area contributed by atoms with Gasteiger partial charge in [-0.1, -0.05) is 106 Å². The molecule has 3 heterocycles. The number of fused-ring (bicyclic) bond motifs is 1. The van der Waals surface area contributed by atoms with Crippen molar-refractivity contribution in [1.29, 1.82) is 0 Å². The highest BCUT2D eigenvalue weighted by molar-refractivity contribution is 5.86. The zero-order valence-corrected chi connectivity index (χ0v) is 24.7. The van der Waals surface area contributed by atoms with E-state index in [-0.39, 0.29) is 12.0 Å². The second kappa shape index (κ2) is 13.7. The third-order valence-electron chi connectivity index (χ3n) is 8.38. The Bertz CT molecular complexity index is 1620. The van der Waals surface area contributed by atoms with Crippen LogP contribution in [-0.2, 0) is 11.2 Å². The number of nitrogens with one attached hydrogen (secondary N) is 1. The molecule has 0 radical (unpaired) electrons. The van der Waals surface area contributed by atoms with Crippen LogP contribution in [0.25, 0.3) is 33.8 Å². The highest BCUT2D eigenvalue weighted by atomic mass is 16.7. The van der Waals surface area contributed by atoms with Gasteiger partial charge in [-0.3, -0.25) is 4.90 Å². The van der Waals surface area contributed by atoms with Crippen LogP contribution >= 0.6 is 0 Å². The van der Waals surface area contributed by atoms with E-state index in [4.69, 9.17) is 9.82 Å². The Balaban J connectivity index is 1.27. The Hall–Kier alpha value is -4.37. The quantitative estimate of drug-likeness (QED) is 0.168. The molecule has 0 bridgehead atoms. The van der Waals surface area contributed by atoms with Crippen LogP contribution in [0.4, 0.5) is 0 Å². The zero-order chi connectivity index (χ0) is 29.4. The van der Waals surface area contributed by atoms with E-state index in [1.807, 2.05) is 54.6 Å². The number of hydrogen-bond acceptors (Lipinski definition) is 7. The van der Waals surface area contributed by atoms with E-state index < -0.39 is 0 Å². The van der Waals surface area contributed by atoms with Crippen LogP contribution in [0.15, 0.2) is 78.9 Å². The summed E-state index contributed by atoms with van der Waals surface area (Å²) in [6.07, 6.45) is 9.04. The molecule has 1 unspecified atom stereocenters. The van der Waals surface area contributed by atoms with E-state index in [9.17, 15) is 4.79 Å². The SMILES string of the molecule is CCCCCCCCN1CC(Cc2ccccc2)C[C@H]1C(=O)On1c(-c2ccccc2-c2nn[nH]n2)nc2ccccc21. The number of tetrazole rings is 1. The number of para-hydroxylation sites is 2. The number of H-pyrrole nitrogens is 1. The Kier molecular flexibility index (Phi) is 9.18. The molecule has 3 aromatic carbocycles. The number of rotatable bonds is 13. The highest BCUT2D eigenvalue weighted by Crippen LogP contribution is 2.32. The summed E-state index contributed by atoms with van der Waals surface area (Å²) >= 11 is 0. The Morgan fingerprint density at radius 1 is 0.907 bits per heavy atom. The fourth-order valence-corrected chi connectivity index (χ4v) is 6.25. The maximum atomic E-state index is 14.1. The van der Waals surface area contributed by atoms with Gasteiger partial charge in [0.15, 0.2) is 5.82 Å². The van der Waals surface area contributed by atoms with Crippen LogP contribution in [0.1, 0.15) is 57.4 Å². The Morgan fingerprint density at radius 3 is 2.47 bits per heavy atom. The minimum atomic E-state index is -0.314. The predicted octanol–water partition coefficient (Wildman–Crippen LogP) is 6.13. The van der Waals surface area contributed by atoms with Gasteiger partial charge in [0, 0.05) is 17.7 Å². The molecule has 9 nitrogen and oxygen atoms in total. The van der Waals surface area contributed by atoms with E-state index >= 15 is 0 Å². The first kappa shape index (κ1) is 28.7. The van der Waals surface area contributed by atoms with E-state index in [1.165, 1.54) is 37.7 Å². The minimum Gasteiger partial charge on any atom is -0.333 e. The van der Waals surface area contributed by atoms with Gasteiger partial charge in [0.2, 0.25) is 5.82 Å². The molecule has 1 aliphatic heterocycles. The number of carbonyl (C=O) groups excluding carboxylic acids is 1. The Morgan fingerprint density at radius 2 is 1.65 bits per heavy atom. The molecule has 1 saturated heterocycles. The lowest BCUT2D eigenvalue weighted by atomic mass is 9.97. The molecule has 2 atom stereocenters. The summed E-state index contributed by atoms with van der Waals surface area (Å²) in [5, 5.41) is 14.6. The van der Waals surface area contributed by atoms with Crippen LogP contribution in [0.3, 0.4) is 0 Å². The summed E-state index contributed by atoms with van der Waals surface area (Å²) in [5.41, 5.74) is 4.28. The largest absolute Gasteiger partial charge is 0.349 e. The van der Waals surface area contributed by atoms with Crippen molar-refractivity contribution in [2.45, 2.75) is 64.3 Å². The molecule has 5 aromatic rings. The van der Waals surface area contributed by atoms with Crippen LogP contribution < -0.4 is 4.84 Å². The molecule has 1 aliphatic rings. The smallest absolute Gasteiger partial charge is 0.333 e. The van der Waals surface area contributed by atoms with Crippen LogP contribution in [-0.4, -0.2) is 60.3 Å². The number of aromatic amines is 1. The summed E-state index contributed by atoms with van der Waals surface area (Å²) < 4.78 is 1.59. The average Bonchev–Trinajstić information content (AvgIpc) is 3.79. The average molecular weight is 578 g/mol. The first-order valence-electron chi connectivity index (χ1n) is 15.5. The number of hydrogen-bond donors (Lipinski definition) is 1. The maximum absolute atomic E-state index is 14.1. The number of imidazole rings is 1. The monoisotopic (exact) mass is 577 g/mol. The summed E-state index contributed by atoms with van der Waals surface area (Å²) in [7, 11) is 0. The molecule has 9 heteroatoms. The third-order valence-corrected chi connectivity index (χ3v) is 8.38. The van der Waals surface area contributed by atoms with Crippen LogP contribution in [0.2, 0.25) is 0 Å². The molecule has 0 aliphatic carbocycles. The lowest BCUT2D eigenvalue weighted by molar-refractivity contribution is -0.148. The fourth-order valence-electron chi connectivity index (χ4n) is 6.25. The Labute approximate surface area is 252 Å². The number of likely N-dealkylation sites (tertiary alicyclic amines) is 1. The lowest BCUT2D eigenvalue weighted by Crippen LogP contribution is -2.41. The molecule has 0 saturated carbocycles. The van der Waals surface area contributed by atoms with Crippen molar-refractivity contribution in [3.05, 3.63) is 84.4 Å². The number of carbonyl (C=O) groups is 1. The van der Waals surface area contributed by atoms with Crippen molar-refractivity contribution in [2.24, 2.45) is 5.92 Å². The van der Waals surface area contributed by atoms with Gasteiger partial charge < -0.3 is 4.84 Å². The molecule has 2 aromatic heterocycles. The first-order valence-corrected chi connectivity index (χ1v) is 15.5. The molecular formula is C34H39N7O2. The van der Waals surface area contributed by atoms with Gasteiger partial charge >= 0.3 is 5.97 Å². The van der Waals surface area contributed by atoms with Crippen molar-refractivity contribution in [2.75, 3.05) is 13.1 Å². The van der Waals surface area contributed by atoms with Crippen molar-refractivity contribution in [3.8, 4) is 22.8 Å². The molecule has 43 heavy (non-hydrogen) atoms. The summed E-state index contributed by atoms with van der Waals surface area (Å²) in [4.78, 5) is 27.6. The topological polar surface area (TPSA) is 102 Å². The van der Waals surface area contributed by atoms with E-state index in [0.29, 0.717) is 17.6 Å². The highest BCUT2D eigenvalue weighted by Gasteiger charge is 2.38. The number of aromatic nitrogens is 6. The van der Waals surface area contributed by atoms with E-state index in [1.54, 1.807) is 4.73 Å². The number of unbranched alkanes of at least 4 members (excludes halogenated alkanes) is 5. The van der Waals surface area contributed by atoms with Gasteiger partial charge in [0.25, 0.3) is 0 Å². The molecule has 1 N–H and O–H groups in total. The summed E-state index contributed by atoms with van der Waals surface area (Å²) in [5.74, 6) is 1.11. The van der Waals surface area contributed by atoms with Gasteiger partial charge in [-0.15, -0.1) is 10.2 Å². The van der Waals surface area contributed by atoms with Gasteiger partial charge in [0.1, 0.15) is 11.6 Å². The maximum Gasteiger partial charge on any atom is 0.349 e. The summed E-state index contributed by atoms with van der Waals surface area (Å²) in [6, 6.07) is 25.7. The second-order valence-corrected chi connectivity index (χ2v) is 11.5. The van der Waals surface area contributed by atoms with E-state index in [0.717, 1.165) is 54.5 Å². The number of nitrogens with zero attached hydrogens (tertiary/aromatic N) is 6. The molecule has 1 fully saturated rings. The van der Waals surface area contributed by atoms with E-state index in [2.05, 4.69) is 56.7 Å². The lowest BCUT2D eigenvalue weighted by Gasteiger charge is -2.23. The third kappa shape index (κ3) is 6.67. The molecule has 6 rings (SSSR count). The molecule has 0 amide bonds. The second-order valence-electron chi connectivity index (χ2n) is 11.5. The first-order chi connectivity index (χ1) is 21.2. The zero-order valence-electron chi connectivity index (χ0n) is 24.7. The van der Waals surface area contributed by atoms with Crippen molar-refractivity contribution >= 4 is 17.0 Å². The molecule has 222 valence electrons.